The standard InChI is InChI=1S/C29H19Cl2NO7/c1-2-38-28(37)14-7-10-16(11-8-14)32-26(35)21-22(27(32)36)29(24(33)17-5-3-4-6-18(17)25(29)34)39-23(21)19-12-9-15(30)13-20(19)31/h3-13,21-23H,2H2,1H3. The fourth-order valence-electron chi connectivity index (χ4n) is 5.75. The molecule has 3 aromatic rings. The first-order chi connectivity index (χ1) is 18.7. The summed E-state index contributed by atoms with van der Waals surface area (Å²) >= 11 is 12.6. The van der Waals surface area contributed by atoms with E-state index in [2.05, 4.69) is 0 Å². The number of ether oxygens (including phenoxy) is 2. The first kappa shape index (κ1) is 25.4. The molecule has 10 heteroatoms. The molecule has 2 aliphatic heterocycles. The minimum Gasteiger partial charge on any atom is -0.462 e. The topological polar surface area (TPSA) is 107 Å². The van der Waals surface area contributed by atoms with Crippen molar-refractivity contribution in [1.29, 1.82) is 0 Å². The normalized spacial score (nSPS) is 22.9. The van der Waals surface area contributed by atoms with Gasteiger partial charge in [0.25, 0.3) is 0 Å². The fraction of sp³-hybridized carbons (Fsp3) is 0.207. The summed E-state index contributed by atoms with van der Waals surface area (Å²) in [5.74, 6) is -5.96. The predicted molar refractivity (Wildman–Crippen MR) is 140 cm³/mol. The van der Waals surface area contributed by atoms with Crippen LogP contribution in [0.2, 0.25) is 10.0 Å². The predicted octanol–water partition coefficient (Wildman–Crippen LogP) is 4.87. The summed E-state index contributed by atoms with van der Waals surface area (Å²) in [5.41, 5.74) is -1.23. The molecule has 0 radical (unpaired) electrons. The summed E-state index contributed by atoms with van der Waals surface area (Å²) in [4.78, 5) is 68.7. The fourth-order valence-corrected chi connectivity index (χ4v) is 6.26. The lowest BCUT2D eigenvalue weighted by molar-refractivity contribution is -0.127. The average molecular weight is 564 g/mol. The molecule has 2 amide bonds. The number of carbonyl (C=O) groups excluding carboxylic acids is 5. The van der Waals surface area contributed by atoms with Crippen LogP contribution in [-0.4, -0.2) is 41.6 Å². The highest BCUT2D eigenvalue weighted by molar-refractivity contribution is 6.37. The molecule has 196 valence electrons. The van der Waals surface area contributed by atoms with Crippen molar-refractivity contribution in [3.8, 4) is 0 Å². The van der Waals surface area contributed by atoms with Gasteiger partial charge in [0, 0.05) is 26.7 Å². The van der Waals surface area contributed by atoms with E-state index in [1.54, 1.807) is 31.2 Å². The number of nitrogens with zero attached hydrogens (tertiary/aromatic N) is 1. The van der Waals surface area contributed by atoms with Gasteiger partial charge in [-0.1, -0.05) is 53.5 Å². The van der Waals surface area contributed by atoms with Gasteiger partial charge >= 0.3 is 5.97 Å². The highest BCUT2D eigenvalue weighted by Gasteiger charge is 2.74. The highest BCUT2D eigenvalue weighted by Crippen LogP contribution is 2.58. The van der Waals surface area contributed by atoms with Crippen LogP contribution in [0.25, 0.3) is 0 Å². The van der Waals surface area contributed by atoms with Crippen LogP contribution in [0.4, 0.5) is 5.69 Å². The molecule has 3 unspecified atom stereocenters. The Balaban J connectivity index is 1.48. The molecule has 0 bridgehead atoms. The Morgan fingerprint density at radius 3 is 2.15 bits per heavy atom. The monoisotopic (exact) mass is 563 g/mol. The van der Waals surface area contributed by atoms with Crippen molar-refractivity contribution < 1.29 is 33.4 Å². The quantitative estimate of drug-likeness (QED) is 0.253. The lowest BCUT2D eigenvalue weighted by Crippen LogP contribution is -2.51. The molecular weight excluding hydrogens is 545 g/mol. The van der Waals surface area contributed by atoms with Crippen LogP contribution in [0.15, 0.2) is 66.7 Å². The van der Waals surface area contributed by atoms with E-state index >= 15 is 0 Å². The molecule has 3 aliphatic rings. The Bertz CT molecular complexity index is 1560. The average Bonchev–Trinajstić information content (AvgIpc) is 3.49. The van der Waals surface area contributed by atoms with Crippen LogP contribution in [0, 0.1) is 11.8 Å². The van der Waals surface area contributed by atoms with Crippen LogP contribution in [0.3, 0.4) is 0 Å². The zero-order chi connectivity index (χ0) is 27.6. The Hall–Kier alpha value is -3.85. The largest absolute Gasteiger partial charge is 0.462 e. The molecule has 1 spiro atoms. The van der Waals surface area contributed by atoms with E-state index in [-0.39, 0.29) is 34.0 Å². The molecule has 0 saturated carbocycles. The smallest absolute Gasteiger partial charge is 0.338 e. The van der Waals surface area contributed by atoms with E-state index in [4.69, 9.17) is 32.7 Å². The number of hydrogen-bond acceptors (Lipinski definition) is 7. The van der Waals surface area contributed by atoms with Gasteiger partial charge in [-0.3, -0.25) is 19.2 Å². The number of benzene rings is 3. The van der Waals surface area contributed by atoms with Crippen molar-refractivity contribution in [2.24, 2.45) is 11.8 Å². The second kappa shape index (κ2) is 9.12. The van der Waals surface area contributed by atoms with Gasteiger partial charge < -0.3 is 9.47 Å². The molecule has 6 rings (SSSR count). The summed E-state index contributed by atoms with van der Waals surface area (Å²) in [6, 6.07) is 16.5. The molecule has 8 nitrogen and oxygen atoms in total. The first-order valence-electron chi connectivity index (χ1n) is 12.2. The van der Waals surface area contributed by atoms with Gasteiger partial charge in [0.05, 0.1) is 35.8 Å². The molecule has 2 saturated heterocycles. The number of Topliss-reactive ketones (excluding diaryl/α,β-unsaturated/α-hetero) is 2. The lowest BCUT2D eigenvalue weighted by Gasteiger charge is -2.27. The van der Waals surface area contributed by atoms with Gasteiger partial charge in [-0.2, -0.15) is 0 Å². The molecule has 0 N–H and O–H groups in total. The molecule has 3 atom stereocenters. The van der Waals surface area contributed by atoms with Crippen molar-refractivity contribution >= 4 is 58.2 Å². The second-order valence-electron chi connectivity index (χ2n) is 9.43. The number of anilines is 1. The number of imide groups is 1. The van der Waals surface area contributed by atoms with Crippen LogP contribution < -0.4 is 4.90 Å². The number of amides is 2. The van der Waals surface area contributed by atoms with Crippen LogP contribution in [0.5, 0.6) is 0 Å². The molecule has 2 heterocycles. The highest BCUT2D eigenvalue weighted by atomic mass is 35.5. The van der Waals surface area contributed by atoms with Crippen molar-refractivity contribution in [2.75, 3.05) is 11.5 Å². The van der Waals surface area contributed by atoms with Gasteiger partial charge in [-0.05, 0) is 43.3 Å². The van der Waals surface area contributed by atoms with E-state index in [1.165, 1.54) is 42.5 Å². The minimum absolute atomic E-state index is 0.126. The number of fused-ring (bicyclic) bond motifs is 3. The molecule has 3 aromatic carbocycles. The molecular formula is C29H19Cl2NO7. The Morgan fingerprint density at radius 2 is 1.56 bits per heavy atom. The van der Waals surface area contributed by atoms with Crippen LogP contribution >= 0.6 is 23.2 Å². The molecule has 1 aliphatic carbocycles. The maximum absolute atomic E-state index is 14.0. The van der Waals surface area contributed by atoms with Crippen molar-refractivity contribution in [1.82, 2.24) is 0 Å². The van der Waals surface area contributed by atoms with E-state index in [0.29, 0.717) is 10.6 Å². The van der Waals surface area contributed by atoms with E-state index in [0.717, 1.165) is 4.90 Å². The SMILES string of the molecule is CCOC(=O)c1ccc(N2C(=O)C3C(c4ccc(Cl)cc4Cl)OC4(C(=O)c5ccccc5C4=O)C3C2=O)cc1. The first-order valence-corrected chi connectivity index (χ1v) is 12.9. The summed E-state index contributed by atoms with van der Waals surface area (Å²) in [6.45, 7) is 1.87. The van der Waals surface area contributed by atoms with Crippen molar-refractivity contribution in [3.63, 3.8) is 0 Å². The van der Waals surface area contributed by atoms with Gasteiger partial charge in [0.15, 0.2) is 0 Å². The van der Waals surface area contributed by atoms with E-state index in [9.17, 15) is 24.0 Å². The van der Waals surface area contributed by atoms with Gasteiger partial charge in [-0.25, -0.2) is 9.69 Å². The molecule has 2 fully saturated rings. The van der Waals surface area contributed by atoms with Crippen LogP contribution in [0.1, 0.15) is 49.7 Å². The number of hydrogen-bond donors (Lipinski definition) is 0. The summed E-state index contributed by atoms with van der Waals surface area (Å²) in [5, 5.41) is 0.502. The van der Waals surface area contributed by atoms with Crippen molar-refractivity contribution in [3.05, 3.63) is 99.0 Å². The molecule has 39 heavy (non-hydrogen) atoms. The molecule has 0 aromatic heterocycles. The summed E-state index contributed by atoms with van der Waals surface area (Å²) < 4.78 is 11.2. The third-order valence-corrected chi connectivity index (χ3v) is 7.99. The Morgan fingerprint density at radius 1 is 0.923 bits per heavy atom. The van der Waals surface area contributed by atoms with E-state index in [1.807, 2.05) is 0 Å². The summed E-state index contributed by atoms with van der Waals surface area (Å²) in [6.07, 6.45) is -1.18. The number of halogens is 2. The lowest BCUT2D eigenvalue weighted by atomic mass is 9.77. The zero-order valence-electron chi connectivity index (χ0n) is 20.4. The van der Waals surface area contributed by atoms with E-state index < -0.39 is 52.9 Å². The number of carbonyl (C=O) groups is 5. The van der Waals surface area contributed by atoms with Crippen molar-refractivity contribution in [2.45, 2.75) is 18.6 Å². The zero-order valence-corrected chi connectivity index (χ0v) is 21.9. The maximum Gasteiger partial charge on any atom is 0.338 e. The van der Waals surface area contributed by atoms with Crippen LogP contribution in [-0.2, 0) is 19.1 Å². The van der Waals surface area contributed by atoms with Gasteiger partial charge in [0.1, 0.15) is 0 Å². The number of esters is 1. The third kappa shape index (κ3) is 3.52. The Labute approximate surface area is 232 Å². The number of rotatable bonds is 4. The Kier molecular flexibility index (Phi) is 5.95. The third-order valence-electron chi connectivity index (χ3n) is 7.42. The van der Waals surface area contributed by atoms with Gasteiger partial charge in [0.2, 0.25) is 29.0 Å². The second-order valence-corrected chi connectivity index (χ2v) is 10.3. The maximum atomic E-state index is 14.0. The number of ketones is 2. The minimum atomic E-state index is -2.23. The summed E-state index contributed by atoms with van der Waals surface area (Å²) in [7, 11) is 0. The van der Waals surface area contributed by atoms with Gasteiger partial charge in [-0.15, -0.1) is 0 Å².